The summed E-state index contributed by atoms with van der Waals surface area (Å²) in [6.07, 6.45) is 9.43. The molecule has 2 aromatic rings. The Bertz CT molecular complexity index is 1570. The van der Waals surface area contributed by atoms with Gasteiger partial charge in [-0.25, -0.2) is 17.9 Å². The molecule has 2 atom stereocenters. The van der Waals surface area contributed by atoms with E-state index in [0.29, 0.717) is 41.7 Å². The van der Waals surface area contributed by atoms with Crippen LogP contribution in [0.1, 0.15) is 115 Å². The second-order valence-corrected chi connectivity index (χ2v) is 18.5. The number of aromatic nitrogens is 1. The Morgan fingerprint density at radius 3 is 2.24 bits per heavy atom. The third kappa shape index (κ3) is 8.23. The van der Waals surface area contributed by atoms with E-state index < -0.39 is 16.1 Å². The Labute approximate surface area is 283 Å². The number of H-pyrrole nitrogens is 1. The van der Waals surface area contributed by atoms with Crippen molar-refractivity contribution in [3.05, 3.63) is 45.7 Å². The maximum atomic E-state index is 13.2. The van der Waals surface area contributed by atoms with Gasteiger partial charge in [0.15, 0.2) is 0 Å². The minimum absolute atomic E-state index is 0.134. The van der Waals surface area contributed by atoms with Gasteiger partial charge in [0.05, 0.1) is 27.2 Å². The van der Waals surface area contributed by atoms with Crippen LogP contribution in [-0.2, 0) is 15.4 Å². The molecule has 0 aliphatic heterocycles. The quantitative estimate of drug-likeness (QED) is 0.143. The summed E-state index contributed by atoms with van der Waals surface area (Å²) in [5.74, 6) is 0.429. The molecule has 6 rings (SSSR count). The molecule has 3 amide bonds. The van der Waals surface area contributed by atoms with Gasteiger partial charge < -0.3 is 20.9 Å². The van der Waals surface area contributed by atoms with E-state index in [1.807, 2.05) is 20.8 Å². The molecule has 2 unspecified atom stereocenters. The van der Waals surface area contributed by atoms with Crippen LogP contribution in [0.2, 0.25) is 10.0 Å². The highest BCUT2D eigenvalue weighted by Crippen LogP contribution is 2.66. The van der Waals surface area contributed by atoms with E-state index >= 15 is 0 Å². The standard InChI is InChI=1S/C34H49Cl2N5O4S/c1-31(2,3)26-15-25(39-30(43)38-24-12-10-11-23(35)27(24)36)28(40-26)29(42)37-13-8-6-7-9-14-46(44,45)41-34-18-22-16-32(4,20-34)19-33(5,17-22)21-34/h10-12,15,22,40-41H,6-9,13-14,16-21H2,1-5H3,(H,37,42)(H2,38,39,43). The minimum Gasteiger partial charge on any atom is -0.352 e. The molecule has 0 spiro atoms. The number of unbranched alkanes of at least 4 members (excludes halogenated alkanes) is 3. The number of sulfonamides is 1. The minimum atomic E-state index is -3.37. The Morgan fingerprint density at radius 1 is 0.935 bits per heavy atom. The van der Waals surface area contributed by atoms with E-state index in [0.717, 1.165) is 37.8 Å². The van der Waals surface area contributed by atoms with E-state index in [9.17, 15) is 18.0 Å². The first-order valence-electron chi connectivity index (χ1n) is 16.4. The molecule has 1 heterocycles. The maximum absolute atomic E-state index is 13.2. The van der Waals surface area contributed by atoms with Gasteiger partial charge >= 0.3 is 6.03 Å². The fraction of sp³-hybridized carbons (Fsp3) is 0.647. The number of carbonyl (C=O) groups excluding carboxylic acids is 2. The fourth-order valence-corrected chi connectivity index (χ4v) is 10.9. The molecule has 4 saturated carbocycles. The fourth-order valence-electron chi connectivity index (χ4n) is 9.02. The largest absolute Gasteiger partial charge is 0.352 e. The van der Waals surface area contributed by atoms with Gasteiger partial charge in [-0.05, 0) is 86.3 Å². The molecule has 12 heteroatoms. The van der Waals surface area contributed by atoms with Crippen molar-refractivity contribution in [1.82, 2.24) is 15.0 Å². The number of aromatic amines is 1. The van der Waals surface area contributed by atoms with Crippen LogP contribution < -0.4 is 20.7 Å². The summed E-state index contributed by atoms with van der Waals surface area (Å²) in [6, 6.07) is 6.13. The lowest BCUT2D eigenvalue weighted by Crippen LogP contribution is -2.65. The average molecular weight is 695 g/mol. The summed E-state index contributed by atoms with van der Waals surface area (Å²) in [4.78, 5) is 29.1. The molecular weight excluding hydrogens is 645 g/mol. The van der Waals surface area contributed by atoms with Crippen molar-refractivity contribution in [1.29, 1.82) is 0 Å². The highest BCUT2D eigenvalue weighted by Gasteiger charge is 2.60. The van der Waals surface area contributed by atoms with Crippen LogP contribution in [0.3, 0.4) is 0 Å². The number of anilines is 2. The monoisotopic (exact) mass is 693 g/mol. The van der Waals surface area contributed by atoms with Gasteiger partial charge in [-0.1, -0.05) is 76.7 Å². The molecule has 9 nitrogen and oxygen atoms in total. The molecule has 1 aromatic heterocycles. The van der Waals surface area contributed by atoms with E-state index in [-0.39, 0.29) is 44.2 Å². The highest BCUT2D eigenvalue weighted by molar-refractivity contribution is 7.89. The van der Waals surface area contributed by atoms with Gasteiger partial charge in [0, 0.05) is 23.2 Å². The summed E-state index contributed by atoms with van der Waals surface area (Å²) >= 11 is 12.3. The number of hydrogen-bond acceptors (Lipinski definition) is 4. The Morgan fingerprint density at radius 2 is 1.59 bits per heavy atom. The van der Waals surface area contributed by atoms with Crippen LogP contribution in [0.5, 0.6) is 0 Å². The zero-order valence-corrected chi connectivity index (χ0v) is 30.0. The molecule has 4 aliphatic carbocycles. The Kier molecular flexibility index (Phi) is 9.89. The maximum Gasteiger partial charge on any atom is 0.323 e. The lowest BCUT2D eigenvalue weighted by Gasteiger charge is -2.65. The van der Waals surface area contributed by atoms with Crippen LogP contribution in [0, 0.1) is 16.7 Å². The Hall–Kier alpha value is -2.27. The first-order valence-corrected chi connectivity index (χ1v) is 18.9. The topological polar surface area (TPSA) is 132 Å². The molecule has 1 aromatic carbocycles. The van der Waals surface area contributed by atoms with E-state index in [4.69, 9.17) is 23.2 Å². The van der Waals surface area contributed by atoms with Crippen molar-refractivity contribution in [3.63, 3.8) is 0 Å². The summed E-state index contributed by atoms with van der Waals surface area (Å²) in [6.45, 7) is 11.2. The third-order valence-corrected chi connectivity index (χ3v) is 12.3. The normalized spacial score (nSPS) is 27.1. The predicted octanol–water partition coefficient (Wildman–Crippen LogP) is 8.22. The summed E-state index contributed by atoms with van der Waals surface area (Å²) in [5.41, 5.74) is 1.69. The number of nitrogens with one attached hydrogen (secondary N) is 5. The van der Waals surface area contributed by atoms with Gasteiger partial charge in [-0.3, -0.25) is 4.79 Å². The van der Waals surface area contributed by atoms with E-state index in [1.54, 1.807) is 24.3 Å². The number of carbonyl (C=O) groups is 2. The van der Waals surface area contributed by atoms with Crippen molar-refractivity contribution in [3.8, 4) is 0 Å². The molecule has 4 aliphatic rings. The van der Waals surface area contributed by atoms with Crippen molar-refractivity contribution in [2.24, 2.45) is 16.7 Å². The highest BCUT2D eigenvalue weighted by atomic mass is 35.5. The molecular formula is C34H49Cl2N5O4S. The van der Waals surface area contributed by atoms with Crippen molar-refractivity contribution < 1.29 is 18.0 Å². The lowest BCUT2D eigenvalue weighted by atomic mass is 9.43. The zero-order valence-electron chi connectivity index (χ0n) is 27.7. The van der Waals surface area contributed by atoms with E-state index in [2.05, 4.69) is 39.5 Å². The summed E-state index contributed by atoms with van der Waals surface area (Å²) in [5, 5.41) is 8.90. The lowest BCUT2D eigenvalue weighted by molar-refractivity contribution is -0.110. The van der Waals surface area contributed by atoms with E-state index in [1.165, 1.54) is 19.3 Å². The van der Waals surface area contributed by atoms with Crippen molar-refractivity contribution >= 4 is 56.5 Å². The van der Waals surface area contributed by atoms with Crippen LogP contribution in [0.4, 0.5) is 16.2 Å². The number of halogens is 2. The molecule has 0 radical (unpaired) electrons. The first kappa shape index (κ1) is 35.0. The zero-order chi connectivity index (χ0) is 33.5. The molecule has 0 saturated heterocycles. The first-order chi connectivity index (χ1) is 21.4. The summed E-state index contributed by atoms with van der Waals surface area (Å²) < 4.78 is 29.5. The third-order valence-electron chi connectivity index (χ3n) is 9.92. The van der Waals surface area contributed by atoms with Crippen molar-refractivity contribution in [2.75, 3.05) is 22.9 Å². The predicted molar refractivity (Wildman–Crippen MR) is 186 cm³/mol. The smallest absolute Gasteiger partial charge is 0.323 e. The number of benzene rings is 1. The van der Waals surface area contributed by atoms with Crippen LogP contribution in [0.15, 0.2) is 24.3 Å². The van der Waals surface area contributed by atoms with Crippen LogP contribution in [0.25, 0.3) is 0 Å². The van der Waals surface area contributed by atoms with Crippen LogP contribution >= 0.6 is 23.2 Å². The van der Waals surface area contributed by atoms with Crippen molar-refractivity contribution in [2.45, 2.75) is 110 Å². The second-order valence-electron chi connectivity index (χ2n) is 15.9. The Balaban J connectivity index is 1.08. The van der Waals surface area contributed by atoms with Crippen LogP contribution in [-0.4, -0.2) is 43.2 Å². The average Bonchev–Trinajstić information content (AvgIpc) is 3.32. The number of hydrogen-bond donors (Lipinski definition) is 5. The molecule has 254 valence electrons. The van der Waals surface area contributed by atoms with Gasteiger partial charge in [-0.15, -0.1) is 0 Å². The number of amides is 3. The molecule has 46 heavy (non-hydrogen) atoms. The number of urea groups is 1. The molecule has 4 fully saturated rings. The van der Waals surface area contributed by atoms with Gasteiger partial charge in [-0.2, -0.15) is 0 Å². The molecule has 4 bridgehead atoms. The second kappa shape index (κ2) is 13.0. The van der Waals surface area contributed by atoms with Gasteiger partial charge in [0.25, 0.3) is 5.91 Å². The van der Waals surface area contributed by atoms with Gasteiger partial charge in [0.2, 0.25) is 10.0 Å². The van der Waals surface area contributed by atoms with Gasteiger partial charge in [0.1, 0.15) is 5.69 Å². The molecule has 5 N–H and O–H groups in total. The SMILES string of the molecule is CC12CC3CC(C)(C1)CC(NS(=O)(=O)CCCCCCNC(=O)c1[nH]c(C(C)(C)C)cc1NC(=O)Nc1cccc(Cl)c1Cl)(C3)C2. The number of rotatable bonds is 12. The summed E-state index contributed by atoms with van der Waals surface area (Å²) in [7, 11) is -3.37.